The van der Waals surface area contributed by atoms with Gasteiger partial charge in [0, 0.05) is 25.0 Å². The molecule has 1 aliphatic rings. The fraction of sp³-hybridized carbons (Fsp3) is 0.471. The Morgan fingerprint density at radius 2 is 2.00 bits per heavy atom. The molecule has 1 aromatic carbocycles. The molecule has 1 aliphatic heterocycles. The minimum absolute atomic E-state index is 0.00219. The van der Waals surface area contributed by atoms with Crippen LogP contribution in [-0.4, -0.2) is 29.1 Å². The Bertz CT molecular complexity index is 651. The zero-order valence-corrected chi connectivity index (χ0v) is 12.5. The number of piperidine rings is 1. The molecule has 0 spiro atoms. The van der Waals surface area contributed by atoms with Gasteiger partial charge >= 0.3 is 5.97 Å². The van der Waals surface area contributed by atoms with Crippen LogP contribution in [0.1, 0.15) is 36.4 Å². The average Bonchev–Trinajstić information content (AvgIpc) is 2.80. The summed E-state index contributed by atoms with van der Waals surface area (Å²) in [6.07, 6.45) is 1.30. The number of fused-ring (bicyclic) bond motifs is 1. The van der Waals surface area contributed by atoms with Crippen molar-refractivity contribution in [2.75, 3.05) is 13.1 Å². The van der Waals surface area contributed by atoms with Gasteiger partial charge in [0.05, 0.1) is 0 Å². The van der Waals surface area contributed by atoms with E-state index in [1.807, 2.05) is 18.2 Å². The first-order chi connectivity index (χ1) is 10.0. The second-order valence-corrected chi connectivity index (χ2v) is 6.43. The number of benzene rings is 1. The van der Waals surface area contributed by atoms with E-state index < -0.39 is 5.97 Å². The number of furan rings is 1. The van der Waals surface area contributed by atoms with Gasteiger partial charge in [0.25, 0.3) is 0 Å². The van der Waals surface area contributed by atoms with Crippen LogP contribution in [0.25, 0.3) is 11.0 Å². The molecule has 0 amide bonds. The fourth-order valence-corrected chi connectivity index (χ4v) is 3.48. The standard InChI is InChI=1S/C17H21NO3/c1-11-5-12(2)9-18(8-11)10-13-3-4-15-14(6-13)7-16(21-15)17(19)20/h3-4,6-7,11-12H,5,8-10H2,1-2H3,(H,19,20). The summed E-state index contributed by atoms with van der Waals surface area (Å²) in [7, 11) is 0. The molecule has 2 aromatic rings. The highest BCUT2D eigenvalue weighted by Gasteiger charge is 2.21. The Hall–Kier alpha value is -1.81. The van der Waals surface area contributed by atoms with E-state index in [1.165, 1.54) is 12.0 Å². The summed E-state index contributed by atoms with van der Waals surface area (Å²) in [4.78, 5) is 13.4. The summed E-state index contributed by atoms with van der Waals surface area (Å²) in [5.41, 5.74) is 1.85. The molecular weight excluding hydrogens is 266 g/mol. The molecule has 2 unspecified atom stereocenters. The molecule has 1 aromatic heterocycles. The molecule has 0 aliphatic carbocycles. The van der Waals surface area contributed by atoms with E-state index in [0.29, 0.717) is 5.58 Å². The minimum atomic E-state index is -1.02. The Kier molecular flexibility index (Phi) is 3.72. The normalized spacial score (nSPS) is 23.5. The van der Waals surface area contributed by atoms with Gasteiger partial charge in [-0.25, -0.2) is 4.79 Å². The van der Waals surface area contributed by atoms with Gasteiger partial charge in [-0.1, -0.05) is 19.9 Å². The Labute approximate surface area is 124 Å². The van der Waals surface area contributed by atoms with E-state index in [1.54, 1.807) is 6.07 Å². The zero-order valence-electron chi connectivity index (χ0n) is 12.5. The van der Waals surface area contributed by atoms with Crippen LogP contribution in [0.5, 0.6) is 0 Å². The molecule has 0 saturated carbocycles. The van der Waals surface area contributed by atoms with Crippen LogP contribution >= 0.6 is 0 Å². The van der Waals surface area contributed by atoms with E-state index in [4.69, 9.17) is 9.52 Å². The lowest BCUT2D eigenvalue weighted by Crippen LogP contribution is -2.38. The molecule has 0 radical (unpaired) electrons. The van der Waals surface area contributed by atoms with Crippen molar-refractivity contribution in [3.05, 3.63) is 35.6 Å². The average molecular weight is 287 g/mol. The number of aromatic carboxylic acids is 1. The number of hydrogen-bond acceptors (Lipinski definition) is 3. The SMILES string of the molecule is CC1CC(C)CN(Cc2ccc3oc(C(=O)O)cc3c2)C1. The monoisotopic (exact) mass is 287 g/mol. The summed E-state index contributed by atoms with van der Waals surface area (Å²) in [6.45, 7) is 7.79. The molecule has 2 heterocycles. The van der Waals surface area contributed by atoms with Crippen LogP contribution in [-0.2, 0) is 6.54 Å². The van der Waals surface area contributed by atoms with E-state index in [9.17, 15) is 4.79 Å². The van der Waals surface area contributed by atoms with Gasteiger partial charge in [0.1, 0.15) is 5.58 Å². The maximum Gasteiger partial charge on any atom is 0.371 e. The Morgan fingerprint density at radius 3 is 2.67 bits per heavy atom. The van der Waals surface area contributed by atoms with Gasteiger partial charge in [-0.3, -0.25) is 4.90 Å². The molecule has 1 N–H and O–H groups in total. The molecule has 1 fully saturated rings. The van der Waals surface area contributed by atoms with Crippen molar-refractivity contribution in [2.45, 2.75) is 26.8 Å². The third-order valence-electron chi connectivity index (χ3n) is 4.14. The topological polar surface area (TPSA) is 53.7 Å². The summed E-state index contributed by atoms with van der Waals surface area (Å²) in [5, 5.41) is 9.84. The van der Waals surface area contributed by atoms with Gasteiger partial charge in [-0.2, -0.15) is 0 Å². The summed E-state index contributed by atoms with van der Waals surface area (Å²) < 4.78 is 5.30. The second-order valence-electron chi connectivity index (χ2n) is 6.43. The Morgan fingerprint density at radius 1 is 1.29 bits per heavy atom. The predicted molar refractivity (Wildman–Crippen MR) is 81.4 cm³/mol. The van der Waals surface area contributed by atoms with E-state index in [2.05, 4.69) is 18.7 Å². The van der Waals surface area contributed by atoms with Crippen LogP contribution in [0.15, 0.2) is 28.7 Å². The second kappa shape index (κ2) is 5.53. The molecule has 0 bridgehead atoms. The number of likely N-dealkylation sites (tertiary alicyclic amines) is 1. The van der Waals surface area contributed by atoms with Crippen molar-refractivity contribution in [1.29, 1.82) is 0 Å². The van der Waals surface area contributed by atoms with E-state index >= 15 is 0 Å². The minimum Gasteiger partial charge on any atom is -0.475 e. The molecule has 1 saturated heterocycles. The highest BCUT2D eigenvalue weighted by atomic mass is 16.4. The number of carbonyl (C=O) groups is 1. The first kappa shape index (κ1) is 14.1. The first-order valence-corrected chi connectivity index (χ1v) is 7.49. The zero-order chi connectivity index (χ0) is 15.0. The van der Waals surface area contributed by atoms with Gasteiger partial charge < -0.3 is 9.52 Å². The number of nitrogens with zero attached hydrogens (tertiary/aromatic N) is 1. The third-order valence-corrected chi connectivity index (χ3v) is 4.14. The van der Waals surface area contributed by atoms with Crippen LogP contribution < -0.4 is 0 Å². The molecule has 2 atom stereocenters. The van der Waals surface area contributed by atoms with Crippen molar-refractivity contribution >= 4 is 16.9 Å². The molecule has 4 heteroatoms. The van der Waals surface area contributed by atoms with Crippen molar-refractivity contribution in [3.63, 3.8) is 0 Å². The molecule has 4 nitrogen and oxygen atoms in total. The molecule has 3 rings (SSSR count). The van der Waals surface area contributed by atoms with Crippen molar-refractivity contribution in [1.82, 2.24) is 4.90 Å². The summed E-state index contributed by atoms with van der Waals surface area (Å²) in [6, 6.07) is 7.53. The van der Waals surface area contributed by atoms with Crippen LogP contribution in [0, 0.1) is 11.8 Å². The van der Waals surface area contributed by atoms with Gasteiger partial charge in [-0.05, 0) is 42.0 Å². The van der Waals surface area contributed by atoms with Crippen LogP contribution in [0.4, 0.5) is 0 Å². The Balaban J connectivity index is 1.79. The number of carboxylic acids is 1. The molecular formula is C17H21NO3. The van der Waals surface area contributed by atoms with Gasteiger partial charge in [0.2, 0.25) is 5.76 Å². The van der Waals surface area contributed by atoms with Crippen molar-refractivity contribution in [3.8, 4) is 0 Å². The maximum absolute atomic E-state index is 10.9. The van der Waals surface area contributed by atoms with Crippen LogP contribution in [0.3, 0.4) is 0 Å². The lowest BCUT2D eigenvalue weighted by Gasteiger charge is -2.35. The smallest absolute Gasteiger partial charge is 0.371 e. The van der Waals surface area contributed by atoms with Gasteiger partial charge in [-0.15, -0.1) is 0 Å². The summed E-state index contributed by atoms with van der Waals surface area (Å²) >= 11 is 0. The number of hydrogen-bond donors (Lipinski definition) is 1. The van der Waals surface area contributed by atoms with Crippen molar-refractivity contribution in [2.24, 2.45) is 11.8 Å². The van der Waals surface area contributed by atoms with Crippen LogP contribution in [0.2, 0.25) is 0 Å². The highest BCUT2D eigenvalue weighted by Crippen LogP contribution is 2.25. The maximum atomic E-state index is 10.9. The fourth-order valence-electron chi connectivity index (χ4n) is 3.48. The van der Waals surface area contributed by atoms with E-state index in [0.717, 1.165) is 36.9 Å². The highest BCUT2D eigenvalue weighted by molar-refractivity contribution is 5.91. The van der Waals surface area contributed by atoms with Crippen molar-refractivity contribution < 1.29 is 14.3 Å². The lowest BCUT2D eigenvalue weighted by molar-refractivity contribution is 0.0665. The third kappa shape index (κ3) is 3.10. The largest absolute Gasteiger partial charge is 0.475 e. The molecule has 21 heavy (non-hydrogen) atoms. The quantitative estimate of drug-likeness (QED) is 0.937. The predicted octanol–water partition coefficient (Wildman–Crippen LogP) is 3.61. The summed E-state index contributed by atoms with van der Waals surface area (Å²) in [5.74, 6) is 0.462. The molecule has 112 valence electrons. The van der Waals surface area contributed by atoms with Gasteiger partial charge in [0.15, 0.2) is 0 Å². The first-order valence-electron chi connectivity index (χ1n) is 7.49. The number of carboxylic acid groups (broad SMARTS) is 1. The lowest BCUT2D eigenvalue weighted by atomic mass is 9.91. The number of rotatable bonds is 3. The van der Waals surface area contributed by atoms with E-state index in [-0.39, 0.29) is 5.76 Å².